The lowest BCUT2D eigenvalue weighted by Crippen LogP contribution is -1.96. The van der Waals surface area contributed by atoms with Gasteiger partial charge in [0.2, 0.25) is 0 Å². The van der Waals surface area contributed by atoms with E-state index in [0.29, 0.717) is 6.42 Å². The van der Waals surface area contributed by atoms with Gasteiger partial charge in [-0.05, 0) is 33.1 Å². The zero-order valence-electron chi connectivity index (χ0n) is 4.32. The van der Waals surface area contributed by atoms with Crippen LogP contribution in [0.1, 0.15) is 13.3 Å². The Morgan fingerprint density at radius 3 is 2.43 bits per heavy atom. The Balaban J connectivity index is 3.13. The summed E-state index contributed by atoms with van der Waals surface area (Å²) in [5.74, 6) is 0. The van der Waals surface area contributed by atoms with Crippen molar-refractivity contribution in [2.75, 3.05) is 0 Å². The molecule has 0 saturated carbocycles. The van der Waals surface area contributed by atoms with Gasteiger partial charge in [-0.25, -0.2) is 0 Å². The molecule has 0 rings (SSSR count). The molecular formula is C5H9IO. The van der Waals surface area contributed by atoms with Crippen LogP contribution in [-0.4, -0.2) is 11.2 Å². The van der Waals surface area contributed by atoms with Crippen molar-refractivity contribution in [2.45, 2.75) is 19.4 Å². The number of rotatable bonds is 2. The summed E-state index contributed by atoms with van der Waals surface area (Å²) in [6.45, 7) is 5.38. The molecule has 1 N–H and O–H groups in total. The van der Waals surface area contributed by atoms with Crippen molar-refractivity contribution < 1.29 is 5.11 Å². The minimum Gasteiger partial charge on any atom is -0.393 e. The smallest absolute Gasteiger partial charge is 0.0556 e. The highest BCUT2D eigenvalue weighted by Crippen LogP contribution is 2.09. The van der Waals surface area contributed by atoms with E-state index in [1.165, 1.54) is 0 Å². The summed E-state index contributed by atoms with van der Waals surface area (Å²) < 4.78 is 1.01. The quantitative estimate of drug-likeness (QED) is 0.690. The molecule has 0 radical (unpaired) electrons. The summed E-state index contributed by atoms with van der Waals surface area (Å²) in [5, 5.41) is 8.66. The summed E-state index contributed by atoms with van der Waals surface area (Å²) in [7, 11) is 0. The van der Waals surface area contributed by atoms with Crippen molar-refractivity contribution in [1.29, 1.82) is 0 Å². The lowest BCUT2D eigenvalue weighted by molar-refractivity contribution is 0.198. The maximum absolute atomic E-state index is 8.66. The highest BCUT2D eigenvalue weighted by Gasteiger charge is 1.93. The first-order valence-electron chi connectivity index (χ1n) is 2.14. The largest absolute Gasteiger partial charge is 0.393 e. The third-order valence-corrected chi connectivity index (χ3v) is 0.957. The standard InChI is InChI=1S/C5H9IO/c1-4(6)3-5(2)7/h5,7H,1,3H2,2H3. The van der Waals surface area contributed by atoms with Crippen LogP contribution in [0.4, 0.5) is 0 Å². The maximum Gasteiger partial charge on any atom is 0.0556 e. The fourth-order valence-electron chi connectivity index (χ4n) is 0.321. The Morgan fingerprint density at radius 1 is 2.00 bits per heavy atom. The monoisotopic (exact) mass is 212 g/mol. The van der Waals surface area contributed by atoms with E-state index in [4.69, 9.17) is 5.11 Å². The van der Waals surface area contributed by atoms with E-state index >= 15 is 0 Å². The SMILES string of the molecule is C=C(I)CC(C)O. The van der Waals surface area contributed by atoms with Crippen molar-refractivity contribution >= 4 is 22.6 Å². The molecule has 2 heteroatoms. The molecule has 0 aromatic rings. The number of aliphatic hydroxyl groups excluding tert-OH is 1. The summed E-state index contributed by atoms with van der Waals surface area (Å²) in [6, 6.07) is 0. The van der Waals surface area contributed by atoms with Crippen LogP contribution in [0.15, 0.2) is 10.2 Å². The van der Waals surface area contributed by atoms with Crippen molar-refractivity contribution in [3.8, 4) is 0 Å². The van der Waals surface area contributed by atoms with Gasteiger partial charge in [0, 0.05) is 6.42 Å². The average Bonchev–Trinajstić information content (AvgIpc) is 1.27. The van der Waals surface area contributed by atoms with Crippen molar-refractivity contribution in [3.63, 3.8) is 0 Å². The first-order chi connectivity index (χ1) is 3.13. The molecule has 0 aliphatic rings. The minimum atomic E-state index is -0.232. The zero-order chi connectivity index (χ0) is 5.86. The van der Waals surface area contributed by atoms with Crippen LogP contribution in [0.25, 0.3) is 0 Å². The van der Waals surface area contributed by atoms with E-state index in [2.05, 4.69) is 29.2 Å². The van der Waals surface area contributed by atoms with Gasteiger partial charge in [-0.2, -0.15) is 0 Å². The number of aliphatic hydroxyl groups is 1. The Labute approximate surface area is 57.6 Å². The summed E-state index contributed by atoms with van der Waals surface area (Å²) in [6.07, 6.45) is 0.477. The van der Waals surface area contributed by atoms with E-state index in [1.807, 2.05) is 0 Å². The van der Waals surface area contributed by atoms with Crippen LogP contribution in [0.2, 0.25) is 0 Å². The van der Waals surface area contributed by atoms with Gasteiger partial charge >= 0.3 is 0 Å². The van der Waals surface area contributed by atoms with Crippen LogP contribution < -0.4 is 0 Å². The third kappa shape index (κ3) is 6.43. The van der Waals surface area contributed by atoms with Crippen LogP contribution in [0.3, 0.4) is 0 Å². The van der Waals surface area contributed by atoms with Crippen molar-refractivity contribution in [1.82, 2.24) is 0 Å². The van der Waals surface area contributed by atoms with Crippen molar-refractivity contribution in [2.24, 2.45) is 0 Å². The molecular weight excluding hydrogens is 203 g/mol. The van der Waals surface area contributed by atoms with Crippen molar-refractivity contribution in [3.05, 3.63) is 10.2 Å². The summed E-state index contributed by atoms with van der Waals surface area (Å²) >= 11 is 2.10. The number of hydrogen-bond acceptors (Lipinski definition) is 1. The van der Waals surface area contributed by atoms with Gasteiger partial charge in [-0.15, -0.1) is 0 Å². The van der Waals surface area contributed by atoms with Crippen LogP contribution in [0, 0.1) is 0 Å². The Kier molecular flexibility index (Phi) is 3.65. The van der Waals surface area contributed by atoms with Crippen LogP contribution in [0.5, 0.6) is 0 Å². The third-order valence-electron chi connectivity index (χ3n) is 0.517. The molecule has 0 bridgehead atoms. The topological polar surface area (TPSA) is 20.2 Å². The predicted octanol–water partition coefficient (Wildman–Crippen LogP) is 1.71. The van der Waals surface area contributed by atoms with Gasteiger partial charge in [-0.3, -0.25) is 0 Å². The molecule has 0 aromatic carbocycles. The summed E-state index contributed by atoms with van der Waals surface area (Å²) in [5.41, 5.74) is 0. The Morgan fingerprint density at radius 2 is 2.43 bits per heavy atom. The lowest BCUT2D eigenvalue weighted by Gasteiger charge is -1.98. The molecule has 0 fully saturated rings. The van der Waals surface area contributed by atoms with Crippen LogP contribution in [-0.2, 0) is 0 Å². The second-order valence-corrected chi connectivity index (χ2v) is 3.10. The molecule has 42 valence electrons. The van der Waals surface area contributed by atoms with Gasteiger partial charge in [0.05, 0.1) is 6.10 Å². The zero-order valence-corrected chi connectivity index (χ0v) is 6.47. The summed E-state index contributed by atoms with van der Waals surface area (Å²) in [4.78, 5) is 0. The van der Waals surface area contributed by atoms with E-state index in [1.54, 1.807) is 6.92 Å². The molecule has 7 heavy (non-hydrogen) atoms. The van der Waals surface area contributed by atoms with E-state index in [9.17, 15) is 0 Å². The molecule has 1 atom stereocenters. The first kappa shape index (κ1) is 7.43. The lowest BCUT2D eigenvalue weighted by atomic mass is 10.3. The molecule has 1 nitrogen and oxygen atoms in total. The average molecular weight is 212 g/mol. The highest BCUT2D eigenvalue weighted by atomic mass is 127. The minimum absolute atomic E-state index is 0.232. The highest BCUT2D eigenvalue weighted by molar-refractivity contribution is 14.1. The molecule has 0 aliphatic heterocycles. The van der Waals surface area contributed by atoms with Crippen LogP contribution >= 0.6 is 22.6 Å². The Hall–Kier alpha value is 0.430. The van der Waals surface area contributed by atoms with Gasteiger partial charge < -0.3 is 5.11 Å². The Bertz CT molecular complexity index is 68.5. The van der Waals surface area contributed by atoms with Gasteiger partial charge in [0.15, 0.2) is 0 Å². The molecule has 0 amide bonds. The molecule has 1 unspecified atom stereocenters. The van der Waals surface area contributed by atoms with Gasteiger partial charge in [0.1, 0.15) is 0 Å². The fraction of sp³-hybridized carbons (Fsp3) is 0.600. The predicted molar refractivity (Wildman–Crippen MR) is 39.5 cm³/mol. The maximum atomic E-state index is 8.66. The second kappa shape index (κ2) is 3.43. The van der Waals surface area contributed by atoms with E-state index in [-0.39, 0.29) is 6.10 Å². The molecule has 0 aromatic heterocycles. The molecule has 0 spiro atoms. The second-order valence-electron chi connectivity index (χ2n) is 1.57. The molecule has 0 saturated heterocycles. The van der Waals surface area contributed by atoms with E-state index in [0.717, 1.165) is 3.58 Å². The fourth-order valence-corrected chi connectivity index (χ4v) is 0.958. The molecule has 0 aliphatic carbocycles. The number of hydrogen-bond donors (Lipinski definition) is 1. The van der Waals surface area contributed by atoms with Gasteiger partial charge in [-0.1, -0.05) is 6.58 Å². The normalized spacial score (nSPS) is 13.6. The van der Waals surface area contributed by atoms with E-state index < -0.39 is 0 Å². The first-order valence-corrected chi connectivity index (χ1v) is 3.22. The molecule has 0 heterocycles. The number of halogens is 1. The van der Waals surface area contributed by atoms with Gasteiger partial charge in [0.25, 0.3) is 0 Å².